The van der Waals surface area contributed by atoms with E-state index in [9.17, 15) is 8.78 Å². The Bertz CT molecular complexity index is 1010. The monoisotopic (exact) mass is 381 g/mol. The zero-order valence-electron chi connectivity index (χ0n) is 16.5. The number of nitrogens with zero attached hydrogens (tertiary/aromatic N) is 2. The smallest absolute Gasteiger partial charge is 0.128 e. The highest BCUT2D eigenvalue weighted by Gasteiger charge is 2.14. The molecule has 2 aromatic carbocycles. The van der Waals surface area contributed by atoms with Gasteiger partial charge in [-0.2, -0.15) is 5.10 Å². The highest BCUT2D eigenvalue weighted by atomic mass is 19.1. The van der Waals surface area contributed by atoms with Gasteiger partial charge in [0.25, 0.3) is 0 Å². The molecule has 0 unspecified atom stereocenters. The molecule has 0 amide bonds. The lowest BCUT2D eigenvalue weighted by molar-refractivity contribution is 0.485. The molecule has 3 nitrogen and oxygen atoms in total. The largest absolute Gasteiger partial charge is 0.355 e. The summed E-state index contributed by atoms with van der Waals surface area (Å²) >= 11 is 0. The summed E-state index contributed by atoms with van der Waals surface area (Å²) in [7, 11) is 0. The van der Waals surface area contributed by atoms with Crippen LogP contribution in [0.25, 0.3) is 11.4 Å². The van der Waals surface area contributed by atoms with E-state index >= 15 is 0 Å². The fourth-order valence-electron chi connectivity index (χ4n) is 3.18. The molecule has 0 radical (unpaired) electrons. The molecular formula is C23H25F2N3. The third-order valence-corrected chi connectivity index (χ3v) is 4.73. The fraction of sp³-hybridized carbons (Fsp3) is 0.261. The van der Waals surface area contributed by atoms with Crippen molar-refractivity contribution in [3.63, 3.8) is 0 Å². The molecule has 0 bridgehead atoms. The molecule has 28 heavy (non-hydrogen) atoms. The molecule has 1 heterocycles. The number of nitrogens with one attached hydrogen (secondary N) is 1. The molecule has 0 saturated carbocycles. The Morgan fingerprint density at radius 1 is 1.14 bits per heavy atom. The Kier molecular flexibility index (Phi) is 5.93. The van der Waals surface area contributed by atoms with Crippen LogP contribution in [0.4, 0.5) is 14.5 Å². The minimum absolute atomic E-state index is 0.258. The van der Waals surface area contributed by atoms with E-state index < -0.39 is 6.67 Å². The third-order valence-electron chi connectivity index (χ3n) is 4.73. The van der Waals surface area contributed by atoms with Gasteiger partial charge in [-0.05, 0) is 55.2 Å². The van der Waals surface area contributed by atoms with Crippen LogP contribution in [0.3, 0.4) is 0 Å². The van der Waals surface area contributed by atoms with Gasteiger partial charge in [0, 0.05) is 23.1 Å². The number of hydrogen-bond donors (Lipinski definition) is 1. The van der Waals surface area contributed by atoms with Crippen LogP contribution >= 0.6 is 0 Å². The number of halogens is 2. The summed E-state index contributed by atoms with van der Waals surface area (Å²) in [6.07, 6.45) is 3.66. The van der Waals surface area contributed by atoms with Crippen molar-refractivity contribution < 1.29 is 8.78 Å². The zero-order chi connectivity index (χ0) is 20.3. The summed E-state index contributed by atoms with van der Waals surface area (Å²) in [6, 6.07) is 10.5. The molecule has 1 aromatic heterocycles. The van der Waals surface area contributed by atoms with Crippen molar-refractivity contribution in [2.75, 3.05) is 5.32 Å². The van der Waals surface area contributed by atoms with E-state index in [0.29, 0.717) is 22.5 Å². The van der Waals surface area contributed by atoms with Gasteiger partial charge in [-0.15, -0.1) is 0 Å². The lowest BCUT2D eigenvalue weighted by Crippen LogP contribution is -2.00. The van der Waals surface area contributed by atoms with E-state index in [4.69, 9.17) is 5.10 Å². The van der Waals surface area contributed by atoms with Crippen LogP contribution in [0.2, 0.25) is 0 Å². The standard InChI is InChI=1S/C23H25F2N3/c1-5-6-22-20(17(4)26-19-9-7-15(2)21(25)12-19)14-28(27-22)23-10-8-18(13-24)11-16(23)3/h7-12,14,26H,4-6,13H2,1-3H3. The second kappa shape index (κ2) is 8.38. The van der Waals surface area contributed by atoms with Crippen molar-refractivity contribution in [2.45, 2.75) is 40.3 Å². The third kappa shape index (κ3) is 4.14. The van der Waals surface area contributed by atoms with Crippen LogP contribution in [-0.2, 0) is 13.1 Å². The molecule has 0 atom stereocenters. The van der Waals surface area contributed by atoms with Crippen molar-refractivity contribution in [3.8, 4) is 5.69 Å². The summed E-state index contributed by atoms with van der Waals surface area (Å²) in [6.45, 7) is 9.41. The molecule has 0 aliphatic heterocycles. The number of aryl methyl sites for hydroxylation is 3. The van der Waals surface area contributed by atoms with Crippen LogP contribution in [0.15, 0.2) is 49.2 Å². The summed E-state index contributed by atoms with van der Waals surface area (Å²) in [5.41, 5.74) is 6.21. The molecule has 0 aliphatic carbocycles. The van der Waals surface area contributed by atoms with Gasteiger partial charge in [0.05, 0.1) is 11.4 Å². The molecule has 0 aliphatic rings. The average molecular weight is 381 g/mol. The van der Waals surface area contributed by atoms with Crippen molar-refractivity contribution in [1.82, 2.24) is 9.78 Å². The zero-order valence-corrected chi connectivity index (χ0v) is 16.5. The minimum atomic E-state index is -0.486. The SMILES string of the molecule is C=C(Nc1ccc(C)c(F)c1)c1cn(-c2ccc(CF)cc2C)nc1CCC. The molecule has 0 fully saturated rings. The average Bonchev–Trinajstić information content (AvgIpc) is 3.08. The lowest BCUT2D eigenvalue weighted by atomic mass is 10.1. The first-order chi connectivity index (χ1) is 13.4. The second-order valence-electron chi connectivity index (χ2n) is 7.01. The van der Waals surface area contributed by atoms with Gasteiger partial charge in [-0.1, -0.05) is 38.1 Å². The summed E-state index contributed by atoms with van der Waals surface area (Å²) in [4.78, 5) is 0. The summed E-state index contributed by atoms with van der Waals surface area (Å²) < 4.78 is 28.6. The van der Waals surface area contributed by atoms with E-state index in [1.807, 2.05) is 31.3 Å². The van der Waals surface area contributed by atoms with E-state index in [1.54, 1.807) is 23.7 Å². The van der Waals surface area contributed by atoms with Crippen LogP contribution in [-0.4, -0.2) is 9.78 Å². The lowest BCUT2D eigenvalue weighted by Gasteiger charge is -2.10. The number of benzene rings is 2. The first kappa shape index (κ1) is 19.8. The minimum Gasteiger partial charge on any atom is -0.355 e. The van der Waals surface area contributed by atoms with Crippen LogP contribution in [0.5, 0.6) is 0 Å². The van der Waals surface area contributed by atoms with E-state index in [2.05, 4.69) is 18.8 Å². The molecule has 0 saturated heterocycles. The molecule has 3 rings (SSSR count). The normalized spacial score (nSPS) is 10.9. The van der Waals surface area contributed by atoms with Crippen LogP contribution < -0.4 is 5.32 Å². The highest BCUT2D eigenvalue weighted by molar-refractivity contribution is 5.76. The molecule has 5 heteroatoms. The fourth-order valence-corrected chi connectivity index (χ4v) is 3.18. The first-order valence-corrected chi connectivity index (χ1v) is 9.39. The molecule has 1 N–H and O–H groups in total. The van der Waals surface area contributed by atoms with Gasteiger partial charge in [0.15, 0.2) is 0 Å². The molecule has 3 aromatic rings. The van der Waals surface area contributed by atoms with Gasteiger partial charge in [-0.3, -0.25) is 0 Å². The van der Waals surface area contributed by atoms with Gasteiger partial charge >= 0.3 is 0 Å². The number of rotatable bonds is 7. The molecule has 0 spiro atoms. The van der Waals surface area contributed by atoms with Crippen molar-refractivity contribution >= 4 is 11.4 Å². The predicted molar refractivity (Wildman–Crippen MR) is 111 cm³/mol. The first-order valence-electron chi connectivity index (χ1n) is 9.39. The van der Waals surface area contributed by atoms with Crippen LogP contribution in [0, 0.1) is 19.7 Å². The Hall–Kier alpha value is -2.95. The summed E-state index contributed by atoms with van der Waals surface area (Å²) in [5.74, 6) is -0.258. The van der Waals surface area contributed by atoms with Gasteiger partial charge < -0.3 is 5.32 Å². The topological polar surface area (TPSA) is 29.9 Å². The number of aromatic nitrogens is 2. The van der Waals surface area contributed by atoms with E-state index in [0.717, 1.165) is 35.3 Å². The van der Waals surface area contributed by atoms with Gasteiger partial charge in [0.1, 0.15) is 12.5 Å². The van der Waals surface area contributed by atoms with E-state index in [-0.39, 0.29) is 5.82 Å². The maximum atomic E-state index is 13.9. The Morgan fingerprint density at radius 3 is 2.57 bits per heavy atom. The maximum Gasteiger partial charge on any atom is 0.128 e. The molecule has 146 valence electrons. The highest BCUT2D eigenvalue weighted by Crippen LogP contribution is 2.25. The van der Waals surface area contributed by atoms with Crippen molar-refractivity contribution in [2.24, 2.45) is 0 Å². The maximum absolute atomic E-state index is 13.9. The second-order valence-corrected chi connectivity index (χ2v) is 7.01. The van der Waals surface area contributed by atoms with E-state index in [1.165, 1.54) is 6.07 Å². The summed E-state index contributed by atoms with van der Waals surface area (Å²) in [5, 5.41) is 7.91. The quantitative estimate of drug-likeness (QED) is 0.533. The number of alkyl halides is 1. The Labute approximate surface area is 164 Å². The molecular weight excluding hydrogens is 356 g/mol. The Morgan fingerprint density at radius 2 is 1.93 bits per heavy atom. The van der Waals surface area contributed by atoms with Crippen molar-refractivity contribution in [1.29, 1.82) is 0 Å². The number of hydrogen-bond acceptors (Lipinski definition) is 2. The predicted octanol–water partition coefficient (Wildman–Crippen LogP) is 6.13. The van der Waals surface area contributed by atoms with Crippen molar-refractivity contribution in [3.05, 3.63) is 82.9 Å². The van der Waals surface area contributed by atoms with Crippen LogP contribution in [0.1, 0.15) is 41.3 Å². The van der Waals surface area contributed by atoms with Gasteiger partial charge in [0.2, 0.25) is 0 Å². The Balaban J connectivity index is 1.94. The number of anilines is 1. The van der Waals surface area contributed by atoms with Gasteiger partial charge in [-0.25, -0.2) is 13.5 Å².